The zero-order chi connectivity index (χ0) is 18.9. The number of ketones is 1. The first-order valence-electron chi connectivity index (χ1n) is 8.52. The van der Waals surface area contributed by atoms with Crippen LogP contribution in [-0.4, -0.2) is 53.4 Å². The van der Waals surface area contributed by atoms with Crippen molar-refractivity contribution < 1.29 is 14.3 Å². The Morgan fingerprint density at radius 2 is 1.85 bits per heavy atom. The summed E-state index contributed by atoms with van der Waals surface area (Å²) < 4.78 is 5.36. The second-order valence-corrected chi connectivity index (χ2v) is 5.84. The molecule has 0 saturated heterocycles. The summed E-state index contributed by atoms with van der Waals surface area (Å²) in [7, 11) is 1.82. The summed E-state index contributed by atoms with van der Waals surface area (Å²) in [6.45, 7) is 5.14. The van der Waals surface area contributed by atoms with Gasteiger partial charge in [-0.05, 0) is 18.6 Å². The summed E-state index contributed by atoms with van der Waals surface area (Å²) in [5, 5.41) is 0. The van der Waals surface area contributed by atoms with Crippen LogP contribution in [0.3, 0.4) is 0 Å². The molecule has 0 N–H and O–H groups in total. The van der Waals surface area contributed by atoms with E-state index in [1.165, 1.54) is 6.92 Å². The number of aromatic nitrogens is 2. The Kier molecular flexibility index (Phi) is 7.08. The van der Waals surface area contributed by atoms with Gasteiger partial charge in [-0.15, -0.1) is 0 Å². The molecule has 0 spiro atoms. The van der Waals surface area contributed by atoms with Crippen molar-refractivity contribution in [3.05, 3.63) is 53.9 Å². The van der Waals surface area contributed by atoms with Crippen LogP contribution in [0.1, 0.15) is 29.9 Å². The number of rotatable bonds is 8. The van der Waals surface area contributed by atoms with E-state index in [2.05, 4.69) is 9.97 Å². The van der Waals surface area contributed by atoms with E-state index in [1.807, 2.05) is 44.3 Å². The number of hydrogen-bond acceptors (Lipinski definition) is 6. The van der Waals surface area contributed by atoms with E-state index >= 15 is 0 Å². The average Bonchev–Trinajstić information content (AvgIpc) is 2.67. The van der Waals surface area contributed by atoms with Gasteiger partial charge in [0.05, 0.1) is 0 Å². The number of hydrogen-bond donors (Lipinski definition) is 0. The predicted molar refractivity (Wildman–Crippen MR) is 99.2 cm³/mol. The van der Waals surface area contributed by atoms with Crippen molar-refractivity contribution >= 4 is 17.8 Å². The molecule has 7 heteroatoms. The van der Waals surface area contributed by atoms with Crippen LogP contribution in [0.5, 0.6) is 0 Å². The van der Waals surface area contributed by atoms with Crippen molar-refractivity contribution in [3.63, 3.8) is 0 Å². The number of likely N-dealkylation sites (N-methyl/N-ethyl adjacent to an activating group) is 2. The Labute approximate surface area is 153 Å². The van der Waals surface area contributed by atoms with Crippen molar-refractivity contribution in [2.45, 2.75) is 20.5 Å². The normalized spacial score (nSPS) is 10.3. The molecule has 0 unspecified atom stereocenters. The monoisotopic (exact) mass is 356 g/mol. The molecular formula is C19H24N4O3. The van der Waals surface area contributed by atoms with Gasteiger partial charge in [-0.25, -0.2) is 14.8 Å². The average molecular weight is 356 g/mol. The maximum absolute atomic E-state index is 12.2. The fourth-order valence-electron chi connectivity index (χ4n) is 2.29. The lowest BCUT2D eigenvalue weighted by atomic mass is 10.2. The van der Waals surface area contributed by atoms with E-state index in [9.17, 15) is 9.59 Å². The standard InChI is InChI=1S/C19H24N4O3/c1-4-23(19(25)26-14-16-8-6-5-7-9-16)13-12-22(3)18-20-11-10-17(21-18)15(2)24/h5-11H,4,12-14H2,1-3H3. The molecule has 0 atom stereocenters. The first-order chi connectivity index (χ1) is 12.5. The first kappa shape index (κ1) is 19.4. The van der Waals surface area contributed by atoms with Gasteiger partial charge in [0.15, 0.2) is 5.78 Å². The highest BCUT2D eigenvalue weighted by atomic mass is 16.6. The summed E-state index contributed by atoms with van der Waals surface area (Å²) in [5.74, 6) is 0.341. The van der Waals surface area contributed by atoms with Gasteiger partial charge in [-0.3, -0.25) is 4.79 Å². The molecule has 1 aromatic carbocycles. The summed E-state index contributed by atoms with van der Waals surface area (Å²) in [6, 6.07) is 11.1. The fourth-order valence-corrected chi connectivity index (χ4v) is 2.29. The third-order valence-electron chi connectivity index (χ3n) is 3.90. The molecule has 0 radical (unpaired) electrons. The Balaban J connectivity index is 1.88. The molecule has 0 aliphatic carbocycles. The fraction of sp³-hybridized carbons (Fsp3) is 0.368. The molecule has 26 heavy (non-hydrogen) atoms. The molecule has 2 aromatic rings. The Morgan fingerprint density at radius 1 is 1.12 bits per heavy atom. The summed E-state index contributed by atoms with van der Waals surface area (Å²) in [6.07, 6.45) is 1.20. The summed E-state index contributed by atoms with van der Waals surface area (Å²) in [4.78, 5) is 35.5. The zero-order valence-corrected chi connectivity index (χ0v) is 15.4. The number of benzene rings is 1. The number of Topliss-reactive ketones (excluding diaryl/α,β-unsaturated/α-hetero) is 1. The van der Waals surface area contributed by atoms with Crippen LogP contribution in [0, 0.1) is 0 Å². The molecule has 0 bridgehead atoms. The predicted octanol–water partition coefficient (Wildman–Crippen LogP) is 2.77. The minimum absolute atomic E-state index is 0.110. The van der Waals surface area contributed by atoms with E-state index in [0.717, 1.165) is 5.56 Å². The van der Waals surface area contributed by atoms with E-state index < -0.39 is 0 Å². The number of carbonyl (C=O) groups excluding carboxylic acids is 2. The van der Waals surface area contributed by atoms with Crippen LogP contribution in [0.2, 0.25) is 0 Å². The van der Waals surface area contributed by atoms with Crippen LogP contribution < -0.4 is 4.90 Å². The van der Waals surface area contributed by atoms with E-state index in [-0.39, 0.29) is 18.5 Å². The van der Waals surface area contributed by atoms with E-state index in [0.29, 0.717) is 31.3 Å². The Bertz CT molecular complexity index is 737. The molecule has 0 fully saturated rings. The molecule has 1 aromatic heterocycles. The minimum Gasteiger partial charge on any atom is -0.445 e. The smallest absolute Gasteiger partial charge is 0.410 e. The largest absolute Gasteiger partial charge is 0.445 e. The van der Waals surface area contributed by atoms with Gasteiger partial charge in [0.25, 0.3) is 0 Å². The van der Waals surface area contributed by atoms with E-state index in [1.54, 1.807) is 22.1 Å². The maximum atomic E-state index is 12.2. The number of carbonyl (C=O) groups is 2. The lowest BCUT2D eigenvalue weighted by Crippen LogP contribution is -2.38. The zero-order valence-electron chi connectivity index (χ0n) is 15.4. The van der Waals surface area contributed by atoms with Crippen molar-refractivity contribution in [2.24, 2.45) is 0 Å². The highest BCUT2D eigenvalue weighted by Gasteiger charge is 2.15. The highest BCUT2D eigenvalue weighted by Crippen LogP contribution is 2.07. The number of amides is 1. The van der Waals surface area contributed by atoms with Crippen LogP contribution in [0.4, 0.5) is 10.7 Å². The molecule has 0 aliphatic heterocycles. The lowest BCUT2D eigenvalue weighted by Gasteiger charge is -2.24. The molecular weight excluding hydrogens is 332 g/mol. The minimum atomic E-state index is -0.358. The first-order valence-corrected chi connectivity index (χ1v) is 8.52. The van der Waals surface area contributed by atoms with Gasteiger partial charge in [-0.1, -0.05) is 30.3 Å². The van der Waals surface area contributed by atoms with Gasteiger partial charge >= 0.3 is 6.09 Å². The third-order valence-corrected chi connectivity index (χ3v) is 3.90. The number of anilines is 1. The van der Waals surface area contributed by atoms with Crippen LogP contribution in [-0.2, 0) is 11.3 Å². The summed E-state index contributed by atoms with van der Waals surface area (Å²) in [5.41, 5.74) is 1.32. The molecule has 2 rings (SSSR count). The number of nitrogens with zero attached hydrogens (tertiary/aromatic N) is 4. The maximum Gasteiger partial charge on any atom is 0.410 e. The topological polar surface area (TPSA) is 75.6 Å². The van der Waals surface area contributed by atoms with Crippen LogP contribution >= 0.6 is 0 Å². The lowest BCUT2D eigenvalue weighted by molar-refractivity contribution is 0.0988. The third kappa shape index (κ3) is 5.54. The van der Waals surface area contributed by atoms with Gasteiger partial charge in [-0.2, -0.15) is 0 Å². The Morgan fingerprint density at radius 3 is 2.50 bits per heavy atom. The van der Waals surface area contributed by atoms with Gasteiger partial charge in [0.2, 0.25) is 5.95 Å². The summed E-state index contributed by atoms with van der Waals surface area (Å²) >= 11 is 0. The van der Waals surface area contributed by atoms with Crippen molar-refractivity contribution in [3.8, 4) is 0 Å². The molecule has 7 nitrogen and oxygen atoms in total. The SMILES string of the molecule is CCN(CCN(C)c1nccc(C(C)=O)n1)C(=O)OCc1ccccc1. The Hall–Kier alpha value is -2.96. The van der Waals surface area contributed by atoms with Crippen LogP contribution in [0.25, 0.3) is 0 Å². The van der Waals surface area contributed by atoms with Crippen molar-refractivity contribution in [1.29, 1.82) is 0 Å². The second kappa shape index (κ2) is 9.50. The highest BCUT2D eigenvalue weighted by molar-refractivity contribution is 5.92. The molecule has 1 amide bonds. The number of ether oxygens (including phenoxy) is 1. The molecule has 0 saturated carbocycles. The van der Waals surface area contributed by atoms with Crippen molar-refractivity contribution in [2.75, 3.05) is 31.6 Å². The molecule has 0 aliphatic rings. The van der Waals surface area contributed by atoms with Gasteiger partial charge in [0, 0.05) is 39.8 Å². The van der Waals surface area contributed by atoms with Gasteiger partial charge < -0.3 is 14.5 Å². The second-order valence-electron chi connectivity index (χ2n) is 5.84. The molecule has 138 valence electrons. The molecule has 1 heterocycles. The van der Waals surface area contributed by atoms with E-state index in [4.69, 9.17) is 4.74 Å². The quantitative estimate of drug-likeness (QED) is 0.677. The van der Waals surface area contributed by atoms with Crippen LogP contribution in [0.15, 0.2) is 42.6 Å². The van der Waals surface area contributed by atoms with Crippen molar-refractivity contribution in [1.82, 2.24) is 14.9 Å². The van der Waals surface area contributed by atoms with Gasteiger partial charge in [0.1, 0.15) is 12.3 Å².